The first-order valence-electron chi connectivity index (χ1n) is 5.72. The SMILES string of the molecule is Cc1ccc(OCC2(CC#N)CC2)cc1C. The topological polar surface area (TPSA) is 33.0 Å². The van der Waals surface area contributed by atoms with Gasteiger partial charge in [0.2, 0.25) is 0 Å². The highest BCUT2D eigenvalue weighted by Gasteiger charge is 2.43. The van der Waals surface area contributed by atoms with Gasteiger partial charge in [0.05, 0.1) is 12.7 Å². The first-order chi connectivity index (χ1) is 7.65. The quantitative estimate of drug-likeness (QED) is 0.771. The number of hydrogen-bond acceptors (Lipinski definition) is 2. The molecule has 0 unspecified atom stereocenters. The number of nitriles is 1. The monoisotopic (exact) mass is 215 g/mol. The van der Waals surface area contributed by atoms with E-state index in [1.807, 2.05) is 6.07 Å². The molecule has 1 aliphatic rings. The van der Waals surface area contributed by atoms with E-state index < -0.39 is 0 Å². The molecule has 0 saturated heterocycles. The lowest BCUT2D eigenvalue weighted by molar-refractivity contribution is 0.236. The van der Waals surface area contributed by atoms with Crippen molar-refractivity contribution in [3.63, 3.8) is 0 Å². The fourth-order valence-corrected chi connectivity index (χ4v) is 1.76. The highest BCUT2D eigenvalue weighted by atomic mass is 16.5. The van der Waals surface area contributed by atoms with Gasteiger partial charge in [-0.2, -0.15) is 5.26 Å². The average molecular weight is 215 g/mol. The van der Waals surface area contributed by atoms with Crippen molar-refractivity contribution in [3.05, 3.63) is 29.3 Å². The summed E-state index contributed by atoms with van der Waals surface area (Å²) in [6.45, 7) is 4.87. The second-order valence-corrected chi connectivity index (χ2v) is 4.87. The summed E-state index contributed by atoms with van der Waals surface area (Å²) in [6, 6.07) is 8.40. The second-order valence-electron chi connectivity index (χ2n) is 4.87. The first-order valence-corrected chi connectivity index (χ1v) is 5.72. The van der Waals surface area contributed by atoms with E-state index in [0.29, 0.717) is 13.0 Å². The molecule has 0 amide bonds. The molecule has 0 heterocycles. The van der Waals surface area contributed by atoms with Crippen molar-refractivity contribution in [2.24, 2.45) is 5.41 Å². The van der Waals surface area contributed by atoms with Crippen LogP contribution in [0.5, 0.6) is 5.75 Å². The van der Waals surface area contributed by atoms with Gasteiger partial charge in [0, 0.05) is 11.8 Å². The van der Waals surface area contributed by atoms with Crippen LogP contribution in [0.25, 0.3) is 0 Å². The molecule has 0 N–H and O–H groups in total. The van der Waals surface area contributed by atoms with Crippen LogP contribution in [-0.2, 0) is 0 Å². The standard InChI is InChI=1S/C14H17NO/c1-11-3-4-13(9-12(11)2)16-10-14(5-6-14)7-8-15/h3-4,9H,5-7,10H2,1-2H3. The van der Waals surface area contributed by atoms with Crippen molar-refractivity contribution in [2.75, 3.05) is 6.61 Å². The average Bonchev–Trinajstić information content (AvgIpc) is 3.01. The largest absolute Gasteiger partial charge is 0.493 e. The maximum Gasteiger partial charge on any atom is 0.119 e. The van der Waals surface area contributed by atoms with E-state index in [-0.39, 0.29) is 5.41 Å². The van der Waals surface area contributed by atoms with Gasteiger partial charge in [-0.3, -0.25) is 0 Å². The summed E-state index contributed by atoms with van der Waals surface area (Å²) in [5.41, 5.74) is 2.70. The van der Waals surface area contributed by atoms with Gasteiger partial charge < -0.3 is 4.74 Å². The van der Waals surface area contributed by atoms with Crippen LogP contribution in [-0.4, -0.2) is 6.61 Å². The number of hydrogen-bond donors (Lipinski definition) is 0. The summed E-state index contributed by atoms with van der Waals surface area (Å²) in [6.07, 6.45) is 2.88. The number of nitrogens with zero attached hydrogens (tertiary/aromatic N) is 1. The van der Waals surface area contributed by atoms with Crippen molar-refractivity contribution in [3.8, 4) is 11.8 Å². The van der Waals surface area contributed by atoms with Crippen LogP contribution in [0.4, 0.5) is 0 Å². The Morgan fingerprint density at radius 2 is 2.06 bits per heavy atom. The molecule has 16 heavy (non-hydrogen) atoms. The Morgan fingerprint density at radius 3 is 2.62 bits per heavy atom. The summed E-state index contributed by atoms with van der Waals surface area (Å²) in [5.74, 6) is 0.923. The summed E-state index contributed by atoms with van der Waals surface area (Å²) in [5, 5.41) is 8.71. The molecule has 2 heteroatoms. The summed E-state index contributed by atoms with van der Waals surface area (Å²) in [4.78, 5) is 0. The molecule has 2 rings (SSSR count). The maximum absolute atomic E-state index is 8.71. The molecule has 1 aromatic carbocycles. The molecule has 1 aliphatic carbocycles. The number of rotatable bonds is 4. The summed E-state index contributed by atoms with van der Waals surface area (Å²) >= 11 is 0. The Labute approximate surface area is 96.9 Å². The number of benzene rings is 1. The molecule has 0 atom stereocenters. The number of aryl methyl sites for hydroxylation is 2. The zero-order valence-electron chi connectivity index (χ0n) is 9.92. The predicted octanol–water partition coefficient (Wildman–Crippen LogP) is 3.38. The maximum atomic E-state index is 8.71. The molecule has 84 valence electrons. The minimum atomic E-state index is 0.160. The van der Waals surface area contributed by atoms with Crippen LogP contribution in [0, 0.1) is 30.6 Å². The van der Waals surface area contributed by atoms with Gasteiger partial charge in [0.25, 0.3) is 0 Å². The van der Waals surface area contributed by atoms with E-state index in [2.05, 4.69) is 32.0 Å². The van der Waals surface area contributed by atoms with Gasteiger partial charge in [-0.05, 0) is 49.9 Å². The van der Waals surface area contributed by atoms with Gasteiger partial charge >= 0.3 is 0 Å². The second kappa shape index (κ2) is 4.17. The van der Waals surface area contributed by atoms with Gasteiger partial charge in [-0.1, -0.05) is 6.07 Å². The van der Waals surface area contributed by atoms with Crippen LogP contribution < -0.4 is 4.74 Å². The van der Waals surface area contributed by atoms with Gasteiger partial charge in [0.1, 0.15) is 5.75 Å². The lowest BCUT2D eigenvalue weighted by Crippen LogP contribution is -2.12. The fourth-order valence-electron chi connectivity index (χ4n) is 1.76. The minimum absolute atomic E-state index is 0.160. The normalized spacial score (nSPS) is 16.6. The molecule has 0 aromatic heterocycles. The van der Waals surface area contributed by atoms with Crippen LogP contribution in [0.15, 0.2) is 18.2 Å². The summed E-state index contributed by atoms with van der Waals surface area (Å²) < 4.78 is 5.77. The summed E-state index contributed by atoms with van der Waals surface area (Å²) in [7, 11) is 0. The number of ether oxygens (including phenoxy) is 1. The predicted molar refractivity (Wildman–Crippen MR) is 63.3 cm³/mol. The third-order valence-corrected chi connectivity index (χ3v) is 3.43. The van der Waals surface area contributed by atoms with Crippen LogP contribution in [0.2, 0.25) is 0 Å². The van der Waals surface area contributed by atoms with Crippen molar-refractivity contribution in [1.82, 2.24) is 0 Å². The lowest BCUT2D eigenvalue weighted by Gasteiger charge is -2.13. The third-order valence-electron chi connectivity index (χ3n) is 3.43. The van der Waals surface area contributed by atoms with Crippen molar-refractivity contribution < 1.29 is 4.74 Å². The molecule has 1 aromatic rings. The van der Waals surface area contributed by atoms with Crippen LogP contribution in [0.3, 0.4) is 0 Å². The van der Waals surface area contributed by atoms with E-state index in [4.69, 9.17) is 10.00 Å². The minimum Gasteiger partial charge on any atom is -0.493 e. The molecular weight excluding hydrogens is 198 g/mol. The van der Waals surface area contributed by atoms with Crippen molar-refractivity contribution in [2.45, 2.75) is 33.1 Å². The Bertz CT molecular complexity index is 427. The third kappa shape index (κ3) is 2.36. The van der Waals surface area contributed by atoms with E-state index in [9.17, 15) is 0 Å². The van der Waals surface area contributed by atoms with E-state index in [0.717, 1.165) is 18.6 Å². The van der Waals surface area contributed by atoms with E-state index in [1.54, 1.807) is 0 Å². The van der Waals surface area contributed by atoms with Crippen molar-refractivity contribution >= 4 is 0 Å². The highest BCUT2D eigenvalue weighted by Crippen LogP contribution is 2.48. The zero-order chi connectivity index (χ0) is 11.6. The van der Waals surface area contributed by atoms with Gasteiger partial charge in [-0.25, -0.2) is 0 Å². The van der Waals surface area contributed by atoms with Gasteiger partial charge in [-0.15, -0.1) is 0 Å². The fraction of sp³-hybridized carbons (Fsp3) is 0.500. The lowest BCUT2D eigenvalue weighted by atomic mass is 10.1. The molecule has 0 aliphatic heterocycles. The molecule has 1 saturated carbocycles. The van der Waals surface area contributed by atoms with E-state index >= 15 is 0 Å². The zero-order valence-corrected chi connectivity index (χ0v) is 9.92. The molecule has 1 fully saturated rings. The van der Waals surface area contributed by atoms with Crippen molar-refractivity contribution in [1.29, 1.82) is 5.26 Å². The first kappa shape index (κ1) is 11.0. The molecule has 0 spiro atoms. The Kier molecular flexibility index (Phi) is 2.87. The smallest absolute Gasteiger partial charge is 0.119 e. The Morgan fingerprint density at radius 1 is 1.31 bits per heavy atom. The molecule has 2 nitrogen and oxygen atoms in total. The Hall–Kier alpha value is -1.49. The molecular formula is C14H17NO. The Balaban J connectivity index is 1.95. The van der Waals surface area contributed by atoms with Gasteiger partial charge in [0.15, 0.2) is 0 Å². The molecule has 0 bridgehead atoms. The van der Waals surface area contributed by atoms with E-state index in [1.165, 1.54) is 11.1 Å². The van der Waals surface area contributed by atoms with Crippen LogP contribution >= 0.6 is 0 Å². The van der Waals surface area contributed by atoms with Crippen LogP contribution in [0.1, 0.15) is 30.4 Å². The highest BCUT2D eigenvalue weighted by molar-refractivity contribution is 5.33. The molecule has 0 radical (unpaired) electrons.